The Labute approximate surface area is 222 Å². The van der Waals surface area contributed by atoms with Crippen molar-refractivity contribution in [3.8, 4) is 39.2 Å². The van der Waals surface area contributed by atoms with Gasteiger partial charge >= 0.3 is 0 Å². The molecule has 1 fully saturated rings. The highest BCUT2D eigenvalue weighted by Crippen LogP contribution is 2.47. The van der Waals surface area contributed by atoms with Crippen LogP contribution in [0.3, 0.4) is 0 Å². The summed E-state index contributed by atoms with van der Waals surface area (Å²) in [5, 5.41) is 23.2. The van der Waals surface area contributed by atoms with Gasteiger partial charge in [-0.1, -0.05) is 0 Å². The second kappa shape index (κ2) is 10.9. The van der Waals surface area contributed by atoms with Gasteiger partial charge in [0.05, 0.1) is 11.5 Å². The zero-order valence-electron chi connectivity index (χ0n) is 20.5. The number of halogens is 2. The average molecular weight is 540 g/mol. The van der Waals surface area contributed by atoms with Crippen LogP contribution in [0.15, 0.2) is 66.7 Å². The van der Waals surface area contributed by atoms with E-state index in [1.165, 1.54) is 11.3 Å². The molecule has 6 nitrogen and oxygen atoms in total. The molecule has 1 aliphatic carbocycles. The number of fused-ring (bicyclic) bond motifs is 1. The van der Waals surface area contributed by atoms with Gasteiger partial charge in [-0.05, 0) is 85.1 Å². The summed E-state index contributed by atoms with van der Waals surface area (Å²) >= 11 is 1.49. The monoisotopic (exact) mass is 539 g/mol. The summed E-state index contributed by atoms with van der Waals surface area (Å²) in [6.45, 7) is 0.897. The van der Waals surface area contributed by atoms with Crippen molar-refractivity contribution >= 4 is 27.3 Å². The minimum absolute atomic E-state index is 0.175. The second-order valence-corrected chi connectivity index (χ2v) is 10.4. The van der Waals surface area contributed by atoms with Crippen molar-refractivity contribution in [2.75, 3.05) is 13.2 Å². The number of rotatable bonds is 10. The summed E-state index contributed by atoms with van der Waals surface area (Å²) in [4.78, 5) is 12.7. The van der Waals surface area contributed by atoms with Crippen molar-refractivity contribution in [1.29, 1.82) is 0 Å². The van der Waals surface area contributed by atoms with Crippen LogP contribution in [0.5, 0.6) is 28.7 Å². The Morgan fingerprint density at radius 2 is 1.63 bits per heavy atom. The molecule has 0 saturated heterocycles. The molecule has 1 aromatic heterocycles. The molecule has 1 amide bonds. The number of phenolic OH excluding ortho intramolecular Hbond substituents is 2. The van der Waals surface area contributed by atoms with Crippen molar-refractivity contribution in [2.45, 2.75) is 31.6 Å². The van der Waals surface area contributed by atoms with Crippen molar-refractivity contribution in [2.24, 2.45) is 5.92 Å². The minimum atomic E-state index is -2.69. The Bertz CT molecular complexity index is 1410. The van der Waals surface area contributed by atoms with Gasteiger partial charge in [-0.3, -0.25) is 4.79 Å². The van der Waals surface area contributed by atoms with Gasteiger partial charge in [0.1, 0.15) is 23.0 Å². The van der Waals surface area contributed by atoms with Gasteiger partial charge in [0, 0.05) is 35.4 Å². The maximum atomic E-state index is 12.9. The van der Waals surface area contributed by atoms with E-state index in [-0.39, 0.29) is 30.2 Å². The van der Waals surface area contributed by atoms with E-state index < -0.39 is 11.8 Å². The third-order valence-corrected chi connectivity index (χ3v) is 7.58. The van der Waals surface area contributed by atoms with Crippen molar-refractivity contribution in [3.05, 3.63) is 66.7 Å². The third kappa shape index (κ3) is 5.99. The first-order chi connectivity index (χ1) is 18.3. The summed E-state index contributed by atoms with van der Waals surface area (Å²) in [6.07, 6.45) is 0.692. The average Bonchev–Trinajstić information content (AvgIpc) is 3.23. The zero-order valence-corrected chi connectivity index (χ0v) is 21.3. The van der Waals surface area contributed by atoms with Crippen LogP contribution in [-0.2, 0) is 4.79 Å². The Kier molecular flexibility index (Phi) is 7.37. The van der Waals surface area contributed by atoms with Gasteiger partial charge in [0.2, 0.25) is 11.8 Å². The van der Waals surface area contributed by atoms with E-state index in [1.807, 2.05) is 42.5 Å². The molecule has 0 atom stereocenters. The molecule has 1 aliphatic rings. The lowest BCUT2D eigenvalue weighted by Crippen LogP contribution is -2.45. The topological polar surface area (TPSA) is 88.0 Å². The number of hydrogen-bond acceptors (Lipinski definition) is 6. The molecule has 38 heavy (non-hydrogen) atoms. The van der Waals surface area contributed by atoms with Crippen molar-refractivity contribution < 1.29 is 33.3 Å². The molecule has 9 heteroatoms. The van der Waals surface area contributed by atoms with E-state index in [0.717, 1.165) is 20.5 Å². The van der Waals surface area contributed by atoms with Gasteiger partial charge in [0.25, 0.3) is 0 Å². The molecule has 198 valence electrons. The van der Waals surface area contributed by atoms with E-state index in [9.17, 15) is 23.8 Å². The van der Waals surface area contributed by atoms with Crippen molar-refractivity contribution in [3.63, 3.8) is 0 Å². The largest absolute Gasteiger partial charge is 0.508 e. The highest BCUT2D eigenvalue weighted by atomic mass is 32.1. The number of hydrogen-bond donors (Lipinski definition) is 3. The molecule has 1 saturated carbocycles. The number of carbonyl (C=O) groups is 1. The predicted molar refractivity (Wildman–Crippen MR) is 143 cm³/mol. The maximum absolute atomic E-state index is 12.9. The molecular formula is C29H27F2NO5S. The molecule has 3 aromatic carbocycles. The lowest BCUT2D eigenvalue weighted by molar-refractivity contribution is -0.150. The van der Waals surface area contributed by atoms with Crippen LogP contribution < -0.4 is 14.8 Å². The fourth-order valence-electron chi connectivity index (χ4n) is 4.31. The number of nitrogens with one attached hydrogen (secondary N) is 1. The Hall–Kier alpha value is -3.85. The second-order valence-electron chi connectivity index (χ2n) is 9.37. The summed E-state index contributed by atoms with van der Waals surface area (Å²) in [7, 11) is 0. The smallest absolute Gasteiger partial charge is 0.249 e. The predicted octanol–water partition coefficient (Wildman–Crippen LogP) is 7.09. The number of alkyl halides is 2. The summed E-state index contributed by atoms with van der Waals surface area (Å²) in [5.41, 5.74) is 0.889. The quantitative estimate of drug-likeness (QED) is 0.187. The van der Waals surface area contributed by atoms with Crippen LogP contribution in [0.25, 0.3) is 20.5 Å². The fourth-order valence-corrected chi connectivity index (χ4v) is 5.48. The van der Waals surface area contributed by atoms with E-state index in [4.69, 9.17) is 9.47 Å². The van der Waals surface area contributed by atoms with Crippen molar-refractivity contribution in [1.82, 2.24) is 5.32 Å². The van der Waals surface area contributed by atoms with Gasteiger partial charge in [-0.2, -0.15) is 0 Å². The molecular weight excluding hydrogens is 512 g/mol. The molecule has 0 spiro atoms. The van der Waals surface area contributed by atoms with E-state index in [2.05, 4.69) is 5.32 Å². The summed E-state index contributed by atoms with van der Waals surface area (Å²) in [5.74, 6) is -1.24. The van der Waals surface area contributed by atoms with Crippen LogP contribution in [0.2, 0.25) is 0 Å². The molecule has 0 aliphatic heterocycles. The summed E-state index contributed by atoms with van der Waals surface area (Å²) in [6, 6.07) is 19.3. The molecule has 0 bridgehead atoms. The third-order valence-electron chi connectivity index (χ3n) is 6.40. The zero-order chi connectivity index (χ0) is 26.7. The van der Waals surface area contributed by atoms with E-state index in [1.54, 1.807) is 24.3 Å². The lowest BCUT2D eigenvalue weighted by atomic mass is 9.81. The first-order valence-electron chi connectivity index (χ1n) is 12.4. The minimum Gasteiger partial charge on any atom is -0.508 e. The normalized spacial score (nSPS) is 14.7. The number of thiophene rings is 1. The molecule has 0 radical (unpaired) electrons. The molecule has 0 unspecified atom stereocenters. The lowest BCUT2D eigenvalue weighted by Gasteiger charge is -2.33. The first kappa shape index (κ1) is 25.8. The standard InChI is InChI=1S/C29H27F2NO5S/c30-29(31)16-19(17-29)28(35)32-13-1-2-14-36-22-8-10-23(11-9-22)37-26-24-12-7-21(34)15-25(24)38-27(26)18-3-5-20(33)6-4-18/h3-12,15,19,33-34H,1-2,13-14,16-17H2,(H,32,35). The number of amides is 1. The van der Waals surface area contributed by atoms with E-state index >= 15 is 0 Å². The van der Waals surface area contributed by atoms with Crippen LogP contribution in [0.4, 0.5) is 8.78 Å². The highest BCUT2D eigenvalue weighted by Gasteiger charge is 2.48. The van der Waals surface area contributed by atoms with Gasteiger partial charge < -0.3 is 25.0 Å². The Morgan fingerprint density at radius 1 is 0.947 bits per heavy atom. The number of unbranched alkanes of at least 4 members (excludes halogenated alkanes) is 1. The summed E-state index contributed by atoms with van der Waals surface area (Å²) < 4.78 is 38.7. The van der Waals surface area contributed by atoms with E-state index in [0.29, 0.717) is 43.2 Å². The SMILES string of the molecule is O=C(NCCCCOc1ccc(Oc2c(-c3ccc(O)cc3)sc3cc(O)ccc23)cc1)C1CC(F)(F)C1. The van der Waals surface area contributed by atoms with Crippen LogP contribution in [0, 0.1) is 5.92 Å². The maximum Gasteiger partial charge on any atom is 0.249 e. The Morgan fingerprint density at radius 3 is 2.34 bits per heavy atom. The van der Waals surface area contributed by atoms with Gasteiger partial charge in [-0.25, -0.2) is 8.78 Å². The highest BCUT2D eigenvalue weighted by molar-refractivity contribution is 7.22. The number of aromatic hydroxyl groups is 2. The number of phenols is 2. The molecule has 4 aromatic rings. The van der Waals surface area contributed by atoms with Crippen LogP contribution in [0.1, 0.15) is 25.7 Å². The van der Waals surface area contributed by atoms with Gasteiger partial charge in [0.15, 0.2) is 5.75 Å². The first-order valence-corrected chi connectivity index (χ1v) is 13.2. The molecule has 1 heterocycles. The number of ether oxygens (including phenoxy) is 2. The van der Waals surface area contributed by atoms with Crippen LogP contribution >= 0.6 is 11.3 Å². The Balaban J connectivity index is 1.15. The molecule has 5 rings (SSSR count). The number of benzene rings is 3. The fraction of sp³-hybridized carbons (Fsp3) is 0.276. The number of carbonyl (C=O) groups excluding carboxylic acids is 1. The van der Waals surface area contributed by atoms with Crippen LogP contribution in [-0.4, -0.2) is 35.2 Å². The molecule has 3 N–H and O–H groups in total. The van der Waals surface area contributed by atoms with Gasteiger partial charge in [-0.15, -0.1) is 11.3 Å².